The number of hydrogen-bond acceptors (Lipinski definition) is 2. The summed E-state index contributed by atoms with van der Waals surface area (Å²) < 4.78 is 26.2. The lowest BCUT2D eigenvalue weighted by atomic mass is 10.2. The van der Waals surface area contributed by atoms with Crippen LogP contribution in [0.4, 0.5) is 8.78 Å². The second-order valence-corrected chi connectivity index (χ2v) is 3.98. The molecule has 0 atom stereocenters. The normalized spacial score (nSPS) is 10.6. The van der Waals surface area contributed by atoms with Crippen LogP contribution in [-0.2, 0) is 13.0 Å². The third-order valence-electron chi connectivity index (χ3n) is 2.61. The van der Waals surface area contributed by atoms with E-state index in [0.29, 0.717) is 18.7 Å². The molecule has 0 saturated carbocycles. The highest BCUT2D eigenvalue weighted by Crippen LogP contribution is 2.09. The van der Waals surface area contributed by atoms with Crippen molar-refractivity contribution in [3.8, 4) is 0 Å². The van der Waals surface area contributed by atoms with E-state index in [1.54, 1.807) is 6.20 Å². The van der Waals surface area contributed by atoms with Crippen molar-refractivity contribution in [1.29, 1.82) is 0 Å². The van der Waals surface area contributed by atoms with Crippen molar-refractivity contribution in [2.24, 2.45) is 0 Å². The average Bonchev–Trinajstić information content (AvgIpc) is 2.40. The molecule has 2 nitrogen and oxygen atoms in total. The molecule has 4 heteroatoms. The molecule has 0 aliphatic heterocycles. The lowest BCUT2D eigenvalue weighted by Crippen LogP contribution is -2.18. The van der Waals surface area contributed by atoms with Crippen LogP contribution in [0.2, 0.25) is 0 Å². The van der Waals surface area contributed by atoms with Gasteiger partial charge in [0.2, 0.25) is 0 Å². The van der Waals surface area contributed by atoms with Crippen LogP contribution in [0.5, 0.6) is 0 Å². The molecular weight excluding hydrogens is 234 g/mol. The molecule has 0 spiro atoms. The zero-order valence-corrected chi connectivity index (χ0v) is 9.87. The largest absolute Gasteiger partial charge is 0.312 e. The number of hydrogen-bond donors (Lipinski definition) is 1. The first kappa shape index (κ1) is 12.6. The van der Waals surface area contributed by atoms with Gasteiger partial charge in [-0.1, -0.05) is 6.07 Å². The van der Waals surface area contributed by atoms with Crippen LogP contribution in [0.15, 0.2) is 42.6 Å². The van der Waals surface area contributed by atoms with Crippen LogP contribution < -0.4 is 5.32 Å². The SMILES string of the molecule is Fc1ccc(F)c(CNCCc2ccccn2)c1. The van der Waals surface area contributed by atoms with Gasteiger partial charge in [0.05, 0.1) is 0 Å². The van der Waals surface area contributed by atoms with Crippen molar-refractivity contribution >= 4 is 0 Å². The van der Waals surface area contributed by atoms with E-state index in [0.717, 1.165) is 24.2 Å². The van der Waals surface area contributed by atoms with Crippen molar-refractivity contribution in [3.63, 3.8) is 0 Å². The molecule has 1 aromatic carbocycles. The quantitative estimate of drug-likeness (QED) is 0.823. The standard InChI is InChI=1S/C14H14F2N2/c15-12-4-5-14(16)11(9-12)10-17-8-6-13-3-1-2-7-18-13/h1-5,7,9,17H,6,8,10H2. The maximum atomic E-state index is 13.3. The number of rotatable bonds is 5. The summed E-state index contributed by atoms with van der Waals surface area (Å²) in [6.45, 7) is 0.989. The summed E-state index contributed by atoms with van der Waals surface area (Å²) >= 11 is 0. The van der Waals surface area contributed by atoms with E-state index in [9.17, 15) is 8.78 Å². The van der Waals surface area contributed by atoms with Gasteiger partial charge in [-0.2, -0.15) is 0 Å². The van der Waals surface area contributed by atoms with Crippen LogP contribution in [-0.4, -0.2) is 11.5 Å². The van der Waals surface area contributed by atoms with Crippen molar-refractivity contribution < 1.29 is 8.78 Å². The minimum Gasteiger partial charge on any atom is -0.312 e. The summed E-state index contributed by atoms with van der Waals surface area (Å²) in [6.07, 6.45) is 2.50. The molecule has 2 aromatic rings. The second kappa shape index (κ2) is 6.21. The molecular formula is C14H14F2N2. The number of nitrogens with one attached hydrogen (secondary N) is 1. The molecule has 0 amide bonds. The molecule has 0 bridgehead atoms. The summed E-state index contributed by atoms with van der Waals surface area (Å²) in [6, 6.07) is 9.19. The molecule has 18 heavy (non-hydrogen) atoms. The lowest BCUT2D eigenvalue weighted by Gasteiger charge is -2.06. The molecule has 1 heterocycles. The zero-order valence-electron chi connectivity index (χ0n) is 9.87. The van der Waals surface area contributed by atoms with Gasteiger partial charge in [-0.25, -0.2) is 8.78 Å². The fourth-order valence-electron chi connectivity index (χ4n) is 1.66. The van der Waals surface area contributed by atoms with E-state index in [1.807, 2.05) is 18.2 Å². The Morgan fingerprint density at radius 3 is 2.78 bits per heavy atom. The van der Waals surface area contributed by atoms with E-state index < -0.39 is 5.82 Å². The van der Waals surface area contributed by atoms with Crippen molar-refractivity contribution in [2.75, 3.05) is 6.54 Å². The maximum absolute atomic E-state index is 13.3. The molecule has 94 valence electrons. The van der Waals surface area contributed by atoms with Gasteiger partial charge in [0.15, 0.2) is 0 Å². The summed E-state index contributed by atoms with van der Waals surface area (Å²) in [4.78, 5) is 4.18. The van der Waals surface area contributed by atoms with Gasteiger partial charge in [-0.3, -0.25) is 4.98 Å². The van der Waals surface area contributed by atoms with Crippen LogP contribution in [0.3, 0.4) is 0 Å². The Morgan fingerprint density at radius 2 is 2.00 bits per heavy atom. The minimum absolute atomic E-state index is 0.316. The molecule has 2 rings (SSSR count). The Hall–Kier alpha value is -1.81. The Labute approximate surface area is 105 Å². The molecule has 0 aliphatic carbocycles. The van der Waals surface area contributed by atoms with Gasteiger partial charge < -0.3 is 5.32 Å². The van der Waals surface area contributed by atoms with E-state index in [1.165, 1.54) is 6.07 Å². The van der Waals surface area contributed by atoms with Crippen molar-refractivity contribution in [3.05, 3.63) is 65.5 Å². The summed E-state index contributed by atoms with van der Waals surface area (Å²) in [5.41, 5.74) is 1.32. The molecule has 0 radical (unpaired) electrons. The monoisotopic (exact) mass is 248 g/mol. The lowest BCUT2D eigenvalue weighted by molar-refractivity contribution is 0.568. The molecule has 0 saturated heterocycles. The highest BCUT2D eigenvalue weighted by molar-refractivity contribution is 5.18. The van der Waals surface area contributed by atoms with Crippen LogP contribution in [0, 0.1) is 11.6 Å². The predicted octanol–water partition coefficient (Wildman–Crippen LogP) is 2.69. The van der Waals surface area contributed by atoms with Crippen molar-refractivity contribution in [2.45, 2.75) is 13.0 Å². The minimum atomic E-state index is -0.419. The number of halogens is 2. The van der Waals surface area contributed by atoms with Crippen molar-refractivity contribution in [1.82, 2.24) is 10.3 Å². The first-order chi connectivity index (χ1) is 8.75. The Kier molecular flexibility index (Phi) is 4.36. The number of benzene rings is 1. The maximum Gasteiger partial charge on any atom is 0.127 e. The van der Waals surface area contributed by atoms with Gasteiger partial charge in [0.25, 0.3) is 0 Å². The summed E-state index contributed by atoms with van der Waals surface area (Å²) in [5, 5.41) is 3.07. The first-order valence-corrected chi connectivity index (χ1v) is 5.80. The smallest absolute Gasteiger partial charge is 0.127 e. The van der Waals surface area contributed by atoms with Gasteiger partial charge in [-0.15, -0.1) is 0 Å². The Bertz CT molecular complexity index is 500. The number of aromatic nitrogens is 1. The van der Waals surface area contributed by atoms with E-state index >= 15 is 0 Å². The van der Waals surface area contributed by atoms with Gasteiger partial charge in [0.1, 0.15) is 11.6 Å². The van der Waals surface area contributed by atoms with Crippen LogP contribution in [0.25, 0.3) is 0 Å². The Balaban J connectivity index is 1.80. The molecule has 1 N–H and O–H groups in total. The van der Waals surface area contributed by atoms with Crippen LogP contribution in [0.1, 0.15) is 11.3 Å². The zero-order chi connectivity index (χ0) is 12.8. The van der Waals surface area contributed by atoms with E-state index in [4.69, 9.17) is 0 Å². The second-order valence-electron chi connectivity index (χ2n) is 3.98. The molecule has 0 aliphatic rings. The fourth-order valence-corrected chi connectivity index (χ4v) is 1.66. The first-order valence-electron chi connectivity index (χ1n) is 5.80. The third kappa shape index (κ3) is 3.60. The van der Waals surface area contributed by atoms with E-state index in [-0.39, 0.29) is 5.82 Å². The predicted molar refractivity (Wildman–Crippen MR) is 66.0 cm³/mol. The van der Waals surface area contributed by atoms with E-state index in [2.05, 4.69) is 10.3 Å². The molecule has 0 unspecified atom stereocenters. The van der Waals surface area contributed by atoms with Gasteiger partial charge >= 0.3 is 0 Å². The molecule has 0 fully saturated rings. The van der Waals surface area contributed by atoms with Crippen LogP contribution >= 0.6 is 0 Å². The Morgan fingerprint density at radius 1 is 1.11 bits per heavy atom. The van der Waals surface area contributed by atoms with Gasteiger partial charge in [-0.05, 0) is 30.3 Å². The fraction of sp³-hybridized carbons (Fsp3) is 0.214. The highest BCUT2D eigenvalue weighted by Gasteiger charge is 2.03. The average molecular weight is 248 g/mol. The topological polar surface area (TPSA) is 24.9 Å². The highest BCUT2D eigenvalue weighted by atomic mass is 19.1. The summed E-state index contributed by atoms with van der Waals surface area (Å²) in [5.74, 6) is -0.806. The third-order valence-corrected chi connectivity index (χ3v) is 2.61. The number of pyridine rings is 1. The van der Waals surface area contributed by atoms with Gasteiger partial charge in [0, 0.05) is 37.0 Å². The number of nitrogens with zero attached hydrogens (tertiary/aromatic N) is 1. The summed E-state index contributed by atoms with van der Waals surface area (Å²) in [7, 11) is 0. The molecule has 1 aromatic heterocycles.